The molecule has 0 radical (unpaired) electrons. The van der Waals surface area contributed by atoms with Gasteiger partial charge in [-0.3, -0.25) is 14.4 Å². The van der Waals surface area contributed by atoms with Crippen molar-refractivity contribution in [3.63, 3.8) is 0 Å². The van der Waals surface area contributed by atoms with Crippen LogP contribution >= 0.6 is 0 Å². The number of hydrogen-bond acceptors (Lipinski definition) is 4. The van der Waals surface area contributed by atoms with E-state index in [-0.39, 0.29) is 11.9 Å². The minimum absolute atomic E-state index is 0.161. The first-order valence-electron chi connectivity index (χ1n) is 8.45. The molecule has 5 N–H and O–H groups in total. The van der Waals surface area contributed by atoms with E-state index >= 15 is 0 Å². The normalized spacial score (nSPS) is 15.5. The van der Waals surface area contributed by atoms with Gasteiger partial charge in [-0.25, -0.2) is 0 Å². The average molecular weight is 349 g/mol. The first-order valence-corrected chi connectivity index (χ1v) is 8.45. The third-order valence-corrected chi connectivity index (χ3v) is 4.20. The highest BCUT2D eigenvalue weighted by atomic mass is 16.4. The Morgan fingerprint density at radius 3 is 2.12 bits per heavy atom. The van der Waals surface area contributed by atoms with E-state index in [1.54, 1.807) is 6.92 Å². The van der Waals surface area contributed by atoms with Gasteiger partial charge in [-0.15, -0.1) is 0 Å². The Balaban J connectivity index is 2.73. The minimum Gasteiger partial charge on any atom is -0.481 e. The molecule has 0 bridgehead atoms. The molecule has 1 aromatic rings. The van der Waals surface area contributed by atoms with Gasteiger partial charge in [0.25, 0.3) is 0 Å². The zero-order valence-corrected chi connectivity index (χ0v) is 14.9. The van der Waals surface area contributed by atoms with E-state index in [0.29, 0.717) is 12.8 Å². The molecule has 7 heteroatoms. The van der Waals surface area contributed by atoms with Gasteiger partial charge in [-0.05, 0) is 25.3 Å². The van der Waals surface area contributed by atoms with E-state index in [1.807, 2.05) is 37.3 Å². The maximum Gasteiger partial charge on any atom is 0.308 e. The van der Waals surface area contributed by atoms with E-state index < -0.39 is 29.9 Å². The van der Waals surface area contributed by atoms with Gasteiger partial charge in [0.05, 0.1) is 18.0 Å². The lowest BCUT2D eigenvalue weighted by Crippen LogP contribution is -2.54. The maximum atomic E-state index is 12.5. The van der Waals surface area contributed by atoms with Gasteiger partial charge < -0.3 is 21.5 Å². The molecule has 0 saturated heterocycles. The van der Waals surface area contributed by atoms with Crippen molar-refractivity contribution in [3.05, 3.63) is 35.9 Å². The van der Waals surface area contributed by atoms with Crippen LogP contribution in [-0.2, 0) is 14.4 Å². The minimum atomic E-state index is -1.21. The van der Waals surface area contributed by atoms with Gasteiger partial charge >= 0.3 is 5.97 Å². The van der Waals surface area contributed by atoms with Crippen LogP contribution in [0.2, 0.25) is 0 Å². The fourth-order valence-electron chi connectivity index (χ4n) is 2.38. The highest BCUT2D eigenvalue weighted by Gasteiger charge is 2.29. The lowest BCUT2D eigenvalue weighted by molar-refractivity contribution is -0.144. The zero-order valence-electron chi connectivity index (χ0n) is 14.9. The topological polar surface area (TPSA) is 122 Å². The molecule has 2 unspecified atom stereocenters. The summed E-state index contributed by atoms with van der Waals surface area (Å²) < 4.78 is 0. The van der Waals surface area contributed by atoms with Gasteiger partial charge in [0.1, 0.15) is 6.04 Å². The second-order valence-electron chi connectivity index (χ2n) is 6.00. The quantitative estimate of drug-likeness (QED) is 0.534. The van der Waals surface area contributed by atoms with Crippen LogP contribution in [0, 0.1) is 5.92 Å². The molecule has 0 spiro atoms. The van der Waals surface area contributed by atoms with Crippen LogP contribution in [0.25, 0.3) is 0 Å². The number of carboxylic acid groups (broad SMARTS) is 1. The molecular weight excluding hydrogens is 322 g/mol. The molecule has 1 aromatic carbocycles. The largest absolute Gasteiger partial charge is 0.481 e. The van der Waals surface area contributed by atoms with Crippen molar-refractivity contribution in [1.29, 1.82) is 0 Å². The van der Waals surface area contributed by atoms with Crippen molar-refractivity contribution in [2.24, 2.45) is 11.7 Å². The summed E-state index contributed by atoms with van der Waals surface area (Å²) >= 11 is 0. The second kappa shape index (κ2) is 9.78. The van der Waals surface area contributed by atoms with Crippen molar-refractivity contribution in [2.75, 3.05) is 0 Å². The van der Waals surface area contributed by atoms with Gasteiger partial charge in [0.15, 0.2) is 0 Å². The van der Waals surface area contributed by atoms with Gasteiger partial charge in [-0.2, -0.15) is 0 Å². The van der Waals surface area contributed by atoms with E-state index in [1.165, 1.54) is 6.92 Å². The molecule has 0 aliphatic heterocycles. The zero-order chi connectivity index (χ0) is 19.0. The molecule has 0 aromatic heterocycles. The fourth-order valence-corrected chi connectivity index (χ4v) is 2.38. The smallest absolute Gasteiger partial charge is 0.308 e. The Bertz CT molecular complexity index is 591. The Morgan fingerprint density at radius 2 is 1.64 bits per heavy atom. The van der Waals surface area contributed by atoms with Crippen LogP contribution in [0.3, 0.4) is 0 Å². The van der Waals surface area contributed by atoms with Crippen LogP contribution in [-0.4, -0.2) is 35.0 Å². The van der Waals surface area contributed by atoms with E-state index in [9.17, 15) is 14.4 Å². The highest BCUT2D eigenvalue weighted by Crippen LogP contribution is 2.16. The van der Waals surface area contributed by atoms with Crippen LogP contribution < -0.4 is 16.4 Å². The van der Waals surface area contributed by atoms with Crippen molar-refractivity contribution >= 4 is 17.8 Å². The lowest BCUT2D eigenvalue weighted by Gasteiger charge is -2.24. The van der Waals surface area contributed by atoms with Crippen molar-refractivity contribution in [2.45, 2.75) is 51.7 Å². The molecule has 0 aliphatic carbocycles. The van der Waals surface area contributed by atoms with Gasteiger partial charge in [0, 0.05) is 0 Å². The third-order valence-electron chi connectivity index (χ3n) is 4.20. The number of rotatable bonds is 9. The second-order valence-corrected chi connectivity index (χ2v) is 6.00. The SMILES string of the molecule is CCC(NC(=O)[C@H](CC)NC(=O)[C@@H](N)C(C)C(=O)O)c1ccccc1. The summed E-state index contributed by atoms with van der Waals surface area (Å²) in [7, 11) is 0. The van der Waals surface area contributed by atoms with Crippen LogP contribution in [0.5, 0.6) is 0 Å². The monoisotopic (exact) mass is 349 g/mol. The van der Waals surface area contributed by atoms with E-state index in [0.717, 1.165) is 5.56 Å². The first kappa shape index (κ1) is 20.6. The number of aliphatic carboxylic acids is 1. The van der Waals surface area contributed by atoms with Crippen LogP contribution in [0.15, 0.2) is 30.3 Å². The number of carbonyl (C=O) groups excluding carboxylic acids is 2. The molecule has 25 heavy (non-hydrogen) atoms. The summed E-state index contributed by atoms with van der Waals surface area (Å²) in [5, 5.41) is 14.4. The summed E-state index contributed by atoms with van der Waals surface area (Å²) in [6, 6.07) is 7.42. The van der Waals surface area contributed by atoms with Crippen LogP contribution in [0.4, 0.5) is 0 Å². The number of nitrogens with one attached hydrogen (secondary N) is 2. The summed E-state index contributed by atoms with van der Waals surface area (Å²) in [5.41, 5.74) is 6.64. The fraction of sp³-hybridized carbons (Fsp3) is 0.500. The Morgan fingerprint density at radius 1 is 1.04 bits per heavy atom. The number of carbonyl (C=O) groups is 3. The average Bonchev–Trinajstić information content (AvgIpc) is 2.62. The molecule has 138 valence electrons. The predicted octanol–water partition coefficient (Wildman–Crippen LogP) is 1.20. The molecule has 0 aliphatic rings. The molecule has 2 amide bonds. The van der Waals surface area contributed by atoms with Gasteiger partial charge in [0.2, 0.25) is 11.8 Å². The molecule has 4 atom stereocenters. The van der Waals surface area contributed by atoms with Crippen molar-refractivity contribution in [3.8, 4) is 0 Å². The van der Waals surface area contributed by atoms with Crippen molar-refractivity contribution in [1.82, 2.24) is 10.6 Å². The Hall–Kier alpha value is -2.41. The third kappa shape index (κ3) is 5.86. The number of amides is 2. The number of nitrogens with two attached hydrogens (primary N) is 1. The predicted molar refractivity (Wildman–Crippen MR) is 94.6 cm³/mol. The Labute approximate surface area is 148 Å². The summed E-state index contributed by atoms with van der Waals surface area (Å²) in [6.45, 7) is 5.08. The summed E-state index contributed by atoms with van der Waals surface area (Å²) in [5.74, 6) is -3.16. The van der Waals surface area contributed by atoms with Crippen LogP contribution in [0.1, 0.15) is 45.2 Å². The molecule has 1 rings (SSSR count). The molecule has 7 nitrogen and oxygen atoms in total. The van der Waals surface area contributed by atoms with E-state index in [4.69, 9.17) is 10.8 Å². The molecule has 0 saturated carbocycles. The lowest BCUT2D eigenvalue weighted by atomic mass is 10.0. The first-order chi connectivity index (χ1) is 11.8. The summed E-state index contributed by atoms with van der Waals surface area (Å²) in [6.07, 6.45) is 1.08. The van der Waals surface area contributed by atoms with Gasteiger partial charge in [-0.1, -0.05) is 44.2 Å². The van der Waals surface area contributed by atoms with E-state index in [2.05, 4.69) is 10.6 Å². The highest BCUT2D eigenvalue weighted by molar-refractivity contribution is 5.92. The molecule has 0 fully saturated rings. The number of hydrogen-bond donors (Lipinski definition) is 4. The standard InChI is InChI=1S/C18H27N3O4/c1-4-13(12-9-7-6-8-10-12)20-16(22)14(5-2)21-17(23)15(19)11(3)18(24)25/h6-11,13-15H,4-5,19H2,1-3H3,(H,20,22)(H,21,23)(H,24,25)/t11?,13?,14-,15-/m0/s1. The maximum absolute atomic E-state index is 12.5. The van der Waals surface area contributed by atoms with Crippen molar-refractivity contribution < 1.29 is 19.5 Å². The molecular formula is C18H27N3O4. The number of benzene rings is 1. The summed E-state index contributed by atoms with van der Waals surface area (Å²) in [4.78, 5) is 35.5. The Kier molecular flexibility index (Phi) is 8.07. The number of carboxylic acids is 1. The molecule has 0 heterocycles.